The van der Waals surface area contributed by atoms with Crippen LogP contribution in [0, 0.1) is 6.92 Å². The van der Waals surface area contributed by atoms with Gasteiger partial charge in [0.25, 0.3) is 0 Å². The molecule has 0 atom stereocenters. The molecule has 2 aromatic heterocycles. The predicted molar refractivity (Wildman–Crippen MR) is 83.1 cm³/mol. The molecule has 0 aliphatic rings. The van der Waals surface area contributed by atoms with Crippen LogP contribution in [0.15, 0.2) is 48.7 Å². The number of para-hydroxylation sites is 1. The zero-order chi connectivity index (χ0) is 14.8. The number of carbonyl (C=O) groups is 1. The molecule has 21 heavy (non-hydrogen) atoms. The van der Waals surface area contributed by atoms with Crippen molar-refractivity contribution in [2.24, 2.45) is 7.05 Å². The lowest BCUT2D eigenvalue weighted by atomic mass is 10.1. The first-order valence-electron chi connectivity index (χ1n) is 6.72. The van der Waals surface area contributed by atoms with Crippen LogP contribution >= 0.6 is 0 Å². The van der Waals surface area contributed by atoms with Crippen molar-refractivity contribution in [1.29, 1.82) is 0 Å². The molecular weight excluding hydrogens is 262 g/mol. The van der Waals surface area contributed by atoms with Crippen molar-refractivity contribution in [2.75, 3.05) is 0 Å². The average molecular weight is 277 g/mol. The van der Waals surface area contributed by atoms with Gasteiger partial charge in [-0.25, -0.2) is 4.98 Å². The Morgan fingerprint density at radius 3 is 2.76 bits per heavy atom. The standard InChI is InChI=1S/C17H15N3O/c1-12-15(11-20(2)19-12)17(21)10-9-14-8-7-13-5-3-4-6-16(13)18-14/h3-11H,1-2H3. The molecule has 0 N–H and O–H groups in total. The van der Waals surface area contributed by atoms with Gasteiger partial charge in [-0.2, -0.15) is 5.10 Å². The zero-order valence-corrected chi connectivity index (χ0v) is 11.9. The van der Waals surface area contributed by atoms with E-state index in [0.717, 1.165) is 22.3 Å². The second-order valence-electron chi connectivity index (χ2n) is 4.93. The van der Waals surface area contributed by atoms with Gasteiger partial charge >= 0.3 is 0 Å². The third kappa shape index (κ3) is 2.74. The Hall–Kier alpha value is -2.75. The summed E-state index contributed by atoms with van der Waals surface area (Å²) in [5.74, 6) is -0.0597. The van der Waals surface area contributed by atoms with Gasteiger partial charge in [0.1, 0.15) is 0 Å². The highest BCUT2D eigenvalue weighted by Crippen LogP contribution is 2.13. The number of benzene rings is 1. The fourth-order valence-corrected chi connectivity index (χ4v) is 2.27. The summed E-state index contributed by atoms with van der Waals surface area (Å²) in [5, 5.41) is 5.26. The van der Waals surface area contributed by atoms with E-state index >= 15 is 0 Å². The van der Waals surface area contributed by atoms with Gasteiger partial charge in [-0.05, 0) is 31.2 Å². The molecule has 0 spiro atoms. The number of allylic oxidation sites excluding steroid dienone is 1. The summed E-state index contributed by atoms with van der Waals surface area (Å²) in [6, 6.07) is 11.8. The highest BCUT2D eigenvalue weighted by molar-refractivity contribution is 6.07. The van der Waals surface area contributed by atoms with Crippen molar-refractivity contribution < 1.29 is 4.79 Å². The summed E-state index contributed by atoms with van der Waals surface area (Å²) in [7, 11) is 1.80. The highest BCUT2D eigenvalue weighted by Gasteiger charge is 2.09. The van der Waals surface area contributed by atoms with E-state index in [1.807, 2.05) is 43.3 Å². The Morgan fingerprint density at radius 1 is 1.19 bits per heavy atom. The fraction of sp³-hybridized carbons (Fsp3) is 0.118. The van der Waals surface area contributed by atoms with Gasteiger partial charge in [-0.15, -0.1) is 0 Å². The number of ketones is 1. The SMILES string of the molecule is Cc1nn(C)cc1C(=O)C=Cc1ccc2ccccc2n1. The third-order valence-electron chi connectivity index (χ3n) is 3.30. The van der Waals surface area contributed by atoms with E-state index in [9.17, 15) is 4.79 Å². The largest absolute Gasteiger partial charge is 0.289 e. The Morgan fingerprint density at radius 2 is 2.00 bits per heavy atom. The smallest absolute Gasteiger partial charge is 0.189 e. The van der Waals surface area contributed by atoms with Gasteiger partial charge in [0.05, 0.1) is 22.5 Å². The van der Waals surface area contributed by atoms with Crippen molar-refractivity contribution in [3.05, 3.63) is 65.6 Å². The van der Waals surface area contributed by atoms with E-state index in [-0.39, 0.29) is 5.78 Å². The summed E-state index contributed by atoms with van der Waals surface area (Å²) >= 11 is 0. The van der Waals surface area contributed by atoms with E-state index in [0.29, 0.717) is 5.56 Å². The van der Waals surface area contributed by atoms with E-state index < -0.39 is 0 Å². The van der Waals surface area contributed by atoms with E-state index in [1.54, 1.807) is 30.1 Å². The van der Waals surface area contributed by atoms with Crippen LogP contribution in [0.1, 0.15) is 21.7 Å². The van der Waals surface area contributed by atoms with Crippen molar-refractivity contribution in [1.82, 2.24) is 14.8 Å². The van der Waals surface area contributed by atoms with Crippen LogP contribution in [0.5, 0.6) is 0 Å². The van der Waals surface area contributed by atoms with Crippen LogP contribution in [-0.2, 0) is 7.05 Å². The number of pyridine rings is 1. The fourth-order valence-electron chi connectivity index (χ4n) is 2.27. The van der Waals surface area contributed by atoms with E-state index in [1.165, 1.54) is 0 Å². The monoisotopic (exact) mass is 277 g/mol. The van der Waals surface area contributed by atoms with E-state index in [4.69, 9.17) is 0 Å². The molecule has 1 aromatic carbocycles. The van der Waals surface area contributed by atoms with Crippen LogP contribution in [0.25, 0.3) is 17.0 Å². The molecule has 4 nitrogen and oxygen atoms in total. The van der Waals surface area contributed by atoms with Crippen molar-refractivity contribution in [2.45, 2.75) is 6.92 Å². The summed E-state index contributed by atoms with van der Waals surface area (Å²) in [5.41, 5.74) is 3.04. The highest BCUT2D eigenvalue weighted by atomic mass is 16.1. The summed E-state index contributed by atoms with van der Waals surface area (Å²) in [6.45, 7) is 1.83. The molecule has 0 saturated heterocycles. The molecule has 0 aliphatic carbocycles. The lowest BCUT2D eigenvalue weighted by Crippen LogP contribution is -1.95. The summed E-state index contributed by atoms with van der Waals surface area (Å²) in [6.07, 6.45) is 5.01. The molecule has 0 bridgehead atoms. The van der Waals surface area contributed by atoms with Crippen LogP contribution in [0.2, 0.25) is 0 Å². The summed E-state index contributed by atoms with van der Waals surface area (Å²) < 4.78 is 1.64. The number of hydrogen-bond donors (Lipinski definition) is 0. The topological polar surface area (TPSA) is 47.8 Å². The average Bonchev–Trinajstić information content (AvgIpc) is 2.83. The molecule has 0 unspecified atom stereocenters. The zero-order valence-electron chi connectivity index (χ0n) is 11.9. The van der Waals surface area contributed by atoms with Gasteiger partial charge < -0.3 is 0 Å². The maximum Gasteiger partial charge on any atom is 0.189 e. The van der Waals surface area contributed by atoms with Crippen molar-refractivity contribution in [3.63, 3.8) is 0 Å². The van der Waals surface area contributed by atoms with Gasteiger partial charge in [-0.3, -0.25) is 9.48 Å². The maximum atomic E-state index is 12.1. The molecule has 0 saturated carbocycles. The number of aromatic nitrogens is 3. The minimum Gasteiger partial charge on any atom is -0.289 e. The van der Waals surface area contributed by atoms with Gasteiger partial charge in [0.15, 0.2) is 5.78 Å². The minimum absolute atomic E-state index is 0.0597. The van der Waals surface area contributed by atoms with Gasteiger partial charge in [-0.1, -0.05) is 24.3 Å². The van der Waals surface area contributed by atoms with Crippen molar-refractivity contribution >= 4 is 22.8 Å². The molecular formula is C17H15N3O. The molecule has 0 aliphatic heterocycles. The molecule has 2 heterocycles. The lowest BCUT2D eigenvalue weighted by molar-refractivity contribution is 0.104. The Balaban J connectivity index is 1.87. The number of carbonyl (C=O) groups excluding carboxylic acids is 1. The molecule has 4 heteroatoms. The first-order valence-corrected chi connectivity index (χ1v) is 6.72. The molecule has 0 radical (unpaired) electrons. The van der Waals surface area contributed by atoms with Crippen LogP contribution in [0.4, 0.5) is 0 Å². The number of rotatable bonds is 3. The second-order valence-corrected chi connectivity index (χ2v) is 4.93. The quantitative estimate of drug-likeness (QED) is 0.545. The van der Waals surface area contributed by atoms with Crippen LogP contribution in [0.3, 0.4) is 0 Å². The van der Waals surface area contributed by atoms with E-state index in [2.05, 4.69) is 10.1 Å². The van der Waals surface area contributed by atoms with Crippen LogP contribution < -0.4 is 0 Å². The first kappa shape index (κ1) is 13.2. The predicted octanol–water partition coefficient (Wildman–Crippen LogP) is 3.17. The number of hydrogen-bond acceptors (Lipinski definition) is 3. The summed E-state index contributed by atoms with van der Waals surface area (Å²) in [4.78, 5) is 16.7. The molecule has 0 amide bonds. The van der Waals surface area contributed by atoms with Crippen molar-refractivity contribution in [3.8, 4) is 0 Å². The second kappa shape index (κ2) is 5.32. The maximum absolute atomic E-state index is 12.1. The normalized spacial score (nSPS) is 11.3. The first-order chi connectivity index (χ1) is 10.1. The molecule has 3 rings (SSSR count). The van der Waals surface area contributed by atoms with Gasteiger partial charge in [0, 0.05) is 18.6 Å². The van der Waals surface area contributed by atoms with Crippen LogP contribution in [-0.4, -0.2) is 20.5 Å². The number of fused-ring (bicyclic) bond motifs is 1. The number of aryl methyl sites for hydroxylation is 2. The van der Waals surface area contributed by atoms with Gasteiger partial charge in [0.2, 0.25) is 0 Å². The molecule has 3 aromatic rings. The molecule has 0 fully saturated rings. The molecule has 104 valence electrons. The number of nitrogens with zero attached hydrogens (tertiary/aromatic N) is 3. The Labute approximate surface area is 122 Å². The lowest BCUT2D eigenvalue weighted by Gasteiger charge is -1.98. The third-order valence-corrected chi connectivity index (χ3v) is 3.30. The minimum atomic E-state index is -0.0597. The Kier molecular flexibility index (Phi) is 3.36. The Bertz CT molecular complexity index is 846.